The summed E-state index contributed by atoms with van der Waals surface area (Å²) in [5, 5.41) is 0. The summed E-state index contributed by atoms with van der Waals surface area (Å²) in [5.74, 6) is -0.428. The molecule has 8 heteroatoms. The van der Waals surface area contributed by atoms with Crippen LogP contribution >= 0.6 is 0 Å². The zero-order valence-electron chi connectivity index (χ0n) is 35.0. The average molecular weight is 740 g/mol. The lowest BCUT2D eigenvalue weighted by molar-refractivity contribution is -0.149. The molecule has 8 nitrogen and oxygen atoms in total. The Morgan fingerprint density at radius 1 is 0.462 bits per heavy atom. The number of rotatable bonds is 39. The molecule has 0 saturated carbocycles. The van der Waals surface area contributed by atoms with E-state index >= 15 is 0 Å². The summed E-state index contributed by atoms with van der Waals surface area (Å²) in [6.07, 6.45) is 28.7. The summed E-state index contributed by atoms with van der Waals surface area (Å²) < 4.78 is 22.3. The minimum absolute atomic E-state index is 0.0552. The maximum Gasteiger partial charge on any atom is 0.508 e. The van der Waals surface area contributed by atoms with Crippen molar-refractivity contribution in [2.45, 2.75) is 208 Å². The van der Waals surface area contributed by atoms with Crippen molar-refractivity contribution >= 4 is 18.1 Å². The van der Waals surface area contributed by atoms with E-state index in [1.807, 2.05) is 0 Å². The van der Waals surface area contributed by atoms with Crippen LogP contribution < -0.4 is 0 Å². The number of hydrogen-bond acceptors (Lipinski definition) is 8. The first-order valence-electron chi connectivity index (χ1n) is 22.3. The van der Waals surface area contributed by atoms with Gasteiger partial charge in [0, 0.05) is 13.0 Å². The Bertz CT molecular complexity index is 787. The molecule has 0 fully saturated rings. The average Bonchev–Trinajstić information content (AvgIpc) is 3.14. The van der Waals surface area contributed by atoms with Gasteiger partial charge >= 0.3 is 18.1 Å². The normalized spacial score (nSPS) is 12.0. The summed E-state index contributed by atoms with van der Waals surface area (Å²) in [4.78, 5) is 40.4. The van der Waals surface area contributed by atoms with E-state index in [2.05, 4.69) is 39.5 Å². The molecule has 0 aliphatic carbocycles. The van der Waals surface area contributed by atoms with Gasteiger partial charge in [-0.25, -0.2) is 4.79 Å². The van der Waals surface area contributed by atoms with Gasteiger partial charge in [-0.1, -0.05) is 163 Å². The third-order valence-corrected chi connectivity index (χ3v) is 10.4. The Hall–Kier alpha value is -1.83. The number of esters is 2. The molecule has 0 bridgehead atoms. The van der Waals surface area contributed by atoms with Crippen molar-refractivity contribution < 1.29 is 33.3 Å². The zero-order valence-corrected chi connectivity index (χ0v) is 35.0. The van der Waals surface area contributed by atoms with E-state index in [4.69, 9.17) is 18.9 Å². The number of hydrogen-bond donors (Lipinski definition) is 0. The minimum atomic E-state index is -0.679. The molecule has 0 aliphatic rings. The number of carbonyl (C=O) groups excluding carboxylic acids is 3. The van der Waals surface area contributed by atoms with Crippen LogP contribution in [0.4, 0.5) is 4.79 Å². The highest BCUT2D eigenvalue weighted by Gasteiger charge is 2.21. The van der Waals surface area contributed by atoms with Crippen molar-refractivity contribution in [3.63, 3.8) is 0 Å². The van der Waals surface area contributed by atoms with Crippen molar-refractivity contribution in [2.24, 2.45) is 11.8 Å². The topological polar surface area (TPSA) is 91.4 Å². The molecule has 0 amide bonds. The number of ether oxygens (including phenoxy) is 4. The van der Waals surface area contributed by atoms with Gasteiger partial charge in [0.25, 0.3) is 0 Å². The van der Waals surface area contributed by atoms with Gasteiger partial charge < -0.3 is 23.8 Å². The van der Waals surface area contributed by atoms with Gasteiger partial charge in [0.05, 0.1) is 32.3 Å². The van der Waals surface area contributed by atoms with Crippen molar-refractivity contribution in [3.05, 3.63) is 0 Å². The van der Waals surface area contributed by atoms with Gasteiger partial charge in [0.1, 0.15) is 0 Å². The van der Waals surface area contributed by atoms with Crippen LogP contribution in [0.1, 0.15) is 208 Å². The largest absolute Gasteiger partial charge is 0.508 e. The second kappa shape index (κ2) is 38.9. The second-order valence-electron chi connectivity index (χ2n) is 15.0. The standard InChI is InChI=1S/C44H85NO7/c1-6-11-14-17-20-21-22-25-28-32-42(46)49-37-33-40(39-52-44(48)51-36-29-35-45(9-4)10-5)34-38-50-43(47)41(30-26-23-18-15-12-7-2)31-27-24-19-16-13-8-3/h40-41H,6-39H2,1-5H3. The van der Waals surface area contributed by atoms with E-state index < -0.39 is 6.16 Å². The predicted octanol–water partition coefficient (Wildman–Crippen LogP) is 12.4. The summed E-state index contributed by atoms with van der Waals surface area (Å²) in [6.45, 7) is 14.7. The molecule has 52 heavy (non-hydrogen) atoms. The van der Waals surface area contributed by atoms with Gasteiger partial charge in [0.15, 0.2) is 0 Å². The van der Waals surface area contributed by atoms with Crippen molar-refractivity contribution in [3.8, 4) is 0 Å². The first kappa shape index (κ1) is 50.2. The van der Waals surface area contributed by atoms with Crippen LogP contribution in [0.5, 0.6) is 0 Å². The van der Waals surface area contributed by atoms with Crippen LogP contribution in [0.25, 0.3) is 0 Å². The van der Waals surface area contributed by atoms with E-state index in [0.29, 0.717) is 25.9 Å². The van der Waals surface area contributed by atoms with E-state index in [1.165, 1.54) is 109 Å². The molecule has 0 N–H and O–H groups in total. The molecule has 1 atom stereocenters. The van der Waals surface area contributed by atoms with Gasteiger partial charge in [-0.3, -0.25) is 9.59 Å². The van der Waals surface area contributed by atoms with E-state index in [1.54, 1.807) is 0 Å². The predicted molar refractivity (Wildman–Crippen MR) is 216 cm³/mol. The molecule has 1 unspecified atom stereocenters. The molecular formula is C44H85NO7. The fourth-order valence-corrected chi connectivity index (χ4v) is 6.68. The van der Waals surface area contributed by atoms with Crippen molar-refractivity contribution in [1.82, 2.24) is 4.90 Å². The second-order valence-corrected chi connectivity index (χ2v) is 15.0. The smallest absolute Gasteiger partial charge is 0.466 e. The van der Waals surface area contributed by atoms with Gasteiger partial charge in [-0.05, 0) is 57.5 Å². The fraction of sp³-hybridized carbons (Fsp3) is 0.932. The Labute approximate surface area is 321 Å². The third kappa shape index (κ3) is 32.8. The van der Waals surface area contributed by atoms with Crippen LogP contribution in [-0.4, -0.2) is 69.1 Å². The van der Waals surface area contributed by atoms with Gasteiger partial charge in [0.2, 0.25) is 0 Å². The van der Waals surface area contributed by atoms with Gasteiger partial charge in [-0.15, -0.1) is 0 Å². The molecule has 308 valence electrons. The molecule has 0 aromatic heterocycles. The van der Waals surface area contributed by atoms with Crippen LogP contribution in [0.15, 0.2) is 0 Å². The van der Waals surface area contributed by atoms with Gasteiger partial charge in [-0.2, -0.15) is 0 Å². The number of carbonyl (C=O) groups is 3. The van der Waals surface area contributed by atoms with Crippen LogP contribution in [0, 0.1) is 11.8 Å². The lowest BCUT2D eigenvalue weighted by Gasteiger charge is -2.20. The maximum absolute atomic E-state index is 13.3. The lowest BCUT2D eigenvalue weighted by atomic mass is 9.94. The Morgan fingerprint density at radius 3 is 1.42 bits per heavy atom. The molecule has 0 radical (unpaired) electrons. The Morgan fingerprint density at radius 2 is 0.923 bits per heavy atom. The van der Waals surface area contributed by atoms with E-state index in [0.717, 1.165) is 64.6 Å². The first-order chi connectivity index (χ1) is 25.4. The number of nitrogens with zero attached hydrogens (tertiary/aromatic N) is 1. The SMILES string of the molecule is CCCCCCCCCCCC(=O)OCCC(CCOC(=O)C(CCCCCCCC)CCCCCCCC)COC(=O)OCCCN(CC)CC. The number of unbranched alkanes of at least 4 members (excludes halogenated alkanes) is 18. The molecule has 0 aliphatic heterocycles. The Balaban J connectivity index is 4.88. The summed E-state index contributed by atoms with van der Waals surface area (Å²) in [6, 6.07) is 0. The van der Waals surface area contributed by atoms with Crippen molar-refractivity contribution in [1.29, 1.82) is 0 Å². The highest BCUT2D eigenvalue weighted by molar-refractivity contribution is 5.72. The van der Waals surface area contributed by atoms with E-state index in [-0.39, 0.29) is 43.6 Å². The molecule has 0 aromatic rings. The van der Waals surface area contributed by atoms with Crippen LogP contribution in [0.3, 0.4) is 0 Å². The summed E-state index contributed by atoms with van der Waals surface area (Å²) in [7, 11) is 0. The molecule has 0 spiro atoms. The lowest BCUT2D eigenvalue weighted by Crippen LogP contribution is -2.25. The first-order valence-corrected chi connectivity index (χ1v) is 22.3. The quantitative estimate of drug-likeness (QED) is 0.0349. The molecule has 0 saturated heterocycles. The highest BCUT2D eigenvalue weighted by Crippen LogP contribution is 2.22. The Kier molecular flexibility index (Phi) is 37.5. The minimum Gasteiger partial charge on any atom is -0.466 e. The van der Waals surface area contributed by atoms with Crippen LogP contribution in [-0.2, 0) is 28.5 Å². The fourth-order valence-electron chi connectivity index (χ4n) is 6.68. The third-order valence-electron chi connectivity index (χ3n) is 10.4. The maximum atomic E-state index is 13.3. The molecular weight excluding hydrogens is 654 g/mol. The van der Waals surface area contributed by atoms with Crippen molar-refractivity contribution in [2.75, 3.05) is 46.1 Å². The highest BCUT2D eigenvalue weighted by atomic mass is 16.7. The summed E-state index contributed by atoms with van der Waals surface area (Å²) >= 11 is 0. The van der Waals surface area contributed by atoms with E-state index in [9.17, 15) is 14.4 Å². The summed E-state index contributed by atoms with van der Waals surface area (Å²) in [5.41, 5.74) is 0. The van der Waals surface area contributed by atoms with Crippen LogP contribution in [0.2, 0.25) is 0 Å². The zero-order chi connectivity index (χ0) is 38.3. The molecule has 0 rings (SSSR count). The monoisotopic (exact) mass is 740 g/mol. The molecule has 0 heterocycles. The molecule has 0 aromatic carbocycles.